The van der Waals surface area contributed by atoms with Gasteiger partial charge in [0.2, 0.25) is 0 Å². The average Bonchev–Trinajstić information content (AvgIpc) is 1.35. The van der Waals surface area contributed by atoms with Crippen LogP contribution in [0.2, 0.25) is 0 Å². The first-order valence-corrected chi connectivity index (χ1v) is 1.69. The Morgan fingerprint density at radius 3 is 2.33 bits per heavy atom. The lowest BCUT2D eigenvalue weighted by molar-refractivity contribution is -0.136. The normalized spacial score (nSPS) is 8.17. The second-order valence-corrected chi connectivity index (χ2v) is 0.932. The summed E-state index contributed by atoms with van der Waals surface area (Å²) in [5.74, 6) is -0.836. The van der Waals surface area contributed by atoms with Gasteiger partial charge in [0.15, 0.2) is 0 Å². The van der Waals surface area contributed by atoms with Crippen LogP contribution in [0.5, 0.6) is 0 Å². The van der Waals surface area contributed by atoms with Gasteiger partial charge in [-0.2, -0.15) is 0 Å². The van der Waals surface area contributed by atoms with E-state index in [2.05, 4.69) is 0 Å². The fourth-order valence-corrected chi connectivity index (χ4v) is 0.123. The van der Waals surface area contributed by atoms with Crippen LogP contribution in [-0.4, -0.2) is 17.6 Å². The molecule has 3 nitrogen and oxygen atoms in total. The van der Waals surface area contributed by atoms with Crippen LogP contribution in [0.3, 0.4) is 0 Å². The molecule has 0 aromatic heterocycles. The molecular weight excluding hydrogens is 81.0 g/mol. The van der Waals surface area contributed by atoms with Gasteiger partial charge in [-0.3, -0.25) is 4.79 Å². The van der Waals surface area contributed by atoms with E-state index < -0.39 is 5.97 Å². The van der Waals surface area contributed by atoms with Gasteiger partial charge in [0, 0.05) is 6.54 Å². The van der Waals surface area contributed by atoms with Crippen LogP contribution in [0.25, 0.3) is 0 Å². The molecule has 3 heteroatoms. The number of carboxylic acids is 1. The van der Waals surface area contributed by atoms with E-state index in [1.54, 1.807) is 0 Å². The Kier molecular flexibility index (Phi) is 2.40. The highest BCUT2D eigenvalue weighted by molar-refractivity contribution is 5.66. The maximum Gasteiger partial charge on any atom is 0.304 e. The summed E-state index contributed by atoms with van der Waals surface area (Å²) in [6.45, 7) is 0.231. The van der Waals surface area contributed by atoms with Crippen LogP contribution in [-0.2, 0) is 4.79 Å². The first-order chi connectivity index (χ1) is 2.77. The highest BCUT2D eigenvalue weighted by atomic mass is 16.4. The molecule has 0 aromatic rings. The molecule has 6 heavy (non-hydrogen) atoms. The highest BCUT2D eigenvalue weighted by Gasteiger charge is 1.87. The predicted octanol–water partition coefficient (Wildman–Crippen LogP) is -0.580. The van der Waals surface area contributed by atoms with Crippen molar-refractivity contribution in [1.29, 1.82) is 0 Å². The molecule has 0 aromatic carbocycles. The van der Waals surface area contributed by atoms with E-state index in [4.69, 9.17) is 10.8 Å². The summed E-state index contributed by atoms with van der Waals surface area (Å²) < 4.78 is 0. The van der Waals surface area contributed by atoms with Gasteiger partial charge in [-0.05, 0) is 0 Å². The molecule has 0 amide bonds. The SMILES string of the molecule is N[11CH2]CC(=O)O. The second-order valence-electron chi connectivity index (χ2n) is 0.932. The van der Waals surface area contributed by atoms with Crippen LogP contribution in [0.4, 0.5) is 0 Å². The number of carbonyl (C=O) groups is 1. The summed E-state index contributed by atoms with van der Waals surface area (Å²) in [5, 5.41) is 7.83. The molecule has 0 aliphatic carbocycles. The molecule has 3 N–H and O–H groups in total. The maximum atomic E-state index is 9.52. The number of carboxylic acid groups (broad SMARTS) is 1. The Morgan fingerprint density at radius 1 is 1.83 bits per heavy atom. The van der Waals surface area contributed by atoms with Crippen molar-refractivity contribution in [2.75, 3.05) is 6.54 Å². The largest absolute Gasteiger partial charge is 0.481 e. The van der Waals surface area contributed by atoms with Crippen molar-refractivity contribution in [3.05, 3.63) is 0 Å². The zero-order valence-corrected chi connectivity index (χ0v) is 3.35. The lowest BCUT2D eigenvalue weighted by Crippen LogP contribution is -2.05. The zero-order chi connectivity index (χ0) is 4.99. The van der Waals surface area contributed by atoms with E-state index >= 15 is 0 Å². The number of aliphatic carboxylic acids is 1. The molecular formula is C3H7NO2. The summed E-state index contributed by atoms with van der Waals surface area (Å²) >= 11 is 0. The van der Waals surface area contributed by atoms with Gasteiger partial charge >= 0.3 is 5.97 Å². The predicted molar refractivity (Wildman–Crippen MR) is 21.3 cm³/mol. The van der Waals surface area contributed by atoms with Crippen molar-refractivity contribution in [3.63, 3.8) is 0 Å². The molecule has 0 aliphatic heterocycles. The Morgan fingerprint density at radius 2 is 2.33 bits per heavy atom. The van der Waals surface area contributed by atoms with E-state index in [9.17, 15) is 4.79 Å². The van der Waals surface area contributed by atoms with Crippen molar-refractivity contribution in [2.45, 2.75) is 6.42 Å². The van der Waals surface area contributed by atoms with Gasteiger partial charge in [0.25, 0.3) is 0 Å². The molecule has 36 valence electrons. The minimum atomic E-state index is -0.836. The third-order valence-electron chi connectivity index (χ3n) is 0.358. The van der Waals surface area contributed by atoms with E-state index in [0.29, 0.717) is 0 Å². The first-order valence-electron chi connectivity index (χ1n) is 1.69. The molecule has 0 saturated carbocycles. The van der Waals surface area contributed by atoms with Crippen LogP contribution in [0.1, 0.15) is 6.42 Å². The topological polar surface area (TPSA) is 63.3 Å². The number of nitrogens with two attached hydrogens (primary N) is 1. The average molecular weight is 88.1 g/mol. The molecule has 0 bridgehead atoms. The van der Waals surface area contributed by atoms with Gasteiger partial charge in [-0.25, -0.2) is 0 Å². The third kappa shape index (κ3) is 3.43. The van der Waals surface area contributed by atoms with E-state index in [1.807, 2.05) is 0 Å². The Bertz CT molecular complexity index is 52.8. The standard InChI is InChI=1S/C3H7NO2/c4-2-1-3(5)6/h1-2,4H2,(H,5,6)/i2-1. The van der Waals surface area contributed by atoms with Crippen LogP contribution in [0.15, 0.2) is 0 Å². The quantitative estimate of drug-likeness (QED) is 0.474. The van der Waals surface area contributed by atoms with Crippen molar-refractivity contribution in [1.82, 2.24) is 0 Å². The molecule has 0 unspecified atom stereocenters. The summed E-state index contributed by atoms with van der Waals surface area (Å²) in [6.07, 6.45) is 0.0694. The molecule has 0 aliphatic rings. The Hall–Kier alpha value is -0.570. The van der Waals surface area contributed by atoms with E-state index in [1.165, 1.54) is 0 Å². The Labute approximate surface area is 35.8 Å². The molecule has 0 spiro atoms. The van der Waals surface area contributed by atoms with Crippen LogP contribution < -0.4 is 5.73 Å². The van der Waals surface area contributed by atoms with Crippen molar-refractivity contribution in [3.8, 4) is 0 Å². The van der Waals surface area contributed by atoms with Crippen molar-refractivity contribution >= 4 is 5.97 Å². The number of hydrogen-bond donors (Lipinski definition) is 2. The first kappa shape index (κ1) is 5.43. The summed E-state index contributed by atoms with van der Waals surface area (Å²) in [6, 6.07) is 0. The summed E-state index contributed by atoms with van der Waals surface area (Å²) in [4.78, 5) is 9.52. The monoisotopic (exact) mass is 88.1 g/mol. The molecule has 0 atom stereocenters. The lowest BCUT2D eigenvalue weighted by atomic mass is 10.0. The molecule has 0 fully saturated rings. The molecule has 0 heterocycles. The maximum absolute atomic E-state index is 9.52. The summed E-state index contributed by atoms with van der Waals surface area (Å²) in [7, 11) is 0. The van der Waals surface area contributed by atoms with Crippen LogP contribution in [0, 0.1) is 0 Å². The number of rotatable bonds is 2. The fourth-order valence-electron chi connectivity index (χ4n) is 0.123. The third-order valence-corrected chi connectivity index (χ3v) is 0.358. The molecule has 0 radical (unpaired) electrons. The molecule has 0 saturated heterocycles. The van der Waals surface area contributed by atoms with E-state index in [-0.39, 0.29) is 13.0 Å². The fraction of sp³-hybridized carbons (Fsp3) is 0.667. The minimum absolute atomic E-state index is 0.0694. The summed E-state index contributed by atoms with van der Waals surface area (Å²) in [5.41, 5.74) is 4.85. The lowest BCUT2D eigenvalue weighted by Gasteiger charge is -1.80. The van der Waals surface area contributed by atoms with Gasteiger partial charge in [0.05, 0.1) is 6.42 Å². The second kappa shape index (κ2) is 2.66. The van der Waals surface area contributed by atoms with Gasteiger partial charge in [-0.15, -0.1) is 0 Å². The van der Waals surface area contributed by atoms with Crippen LogP contribution >= 0.6 is 0 Å². The highest BCUT2D eigenvalue weighted by Crippen LogP contribution is 1.67. The van der Waals surface area contributed by atoms with Crippen molar-refractivity contribution in [2.24, 2.45) is 5.73 Å². The van der Waals surface area contributed by atoms with E-state index in [0.717, 1.165) is 0 Å². The van der Waals surface area contributed by atoms with Gasteiger partial charge in [0.1, 0.15) is 0 Å². The van der Waals surface area contributed by atoms with Gasteiger partial charge in [-0.1, -0.05) is 0 Å². The van der Waals surface area contributed by atoms with Crippen molar-refractivity contribution < 1.29 is 9.90 Å². The Balaban J connectivity index is 2.83. The van der Waals surface area contributed by atoms with Gasteiger partial charge < -0.3 is 10.8 Å². The smallest absolute Gasteiger partial charge is 0.304 e. The zero-order valence-electron chi connectivity index (χ0n) is 3.35. The minimum Gasteiger partial charge on any atom is -0.481 e. The number of hydrogen-bond acceptors (Lipinski definition) is 2. The molecule has 0 rings (SSSR count).